The molecule has 0 N–H and O–H groups in total. The van der Waals surface area contributed by atoms with Crippen LogP contribution in [-0.2, 0) is 6.42 Å². The Morgan fingerprint density at radius 3 is 1.90 bits per heavy atom. The molecule has 1 aromatic rings. The predicted octanol–water partition coefficient (Wildman–Crippen LogP) is 5.63. The molecule has 0 fully saturated rings. The maximum absolute atomic E-state index is 5.20. The zero-order chi connectivity index (χ0) is 15.6. The first-order chi connectivity index (χ1) is 10.2. The van der Waals surface area contributed by atoms with E-state index >= 15 is 0 Å². The number of benzene rings is 1. The molecule has 0 saturated carbocycles. The van der Waals surface area contributed by atoms with E-state index in [-0.39, 0.29) is 0 Å². The fourth-order valence-corrected chi connectivity index (χ4v) is 6.81. The van der Waals surface area contributed by atoms with Crippen molar-refractivity contribution in [1.29, 1.82) is 0 Å². The molecule has 1 rings (SSSR count). The number of hydrogen-bond donors (Lipinski definition) is 0. The van der Waals surface area contributed by atoms with E-state index in [4.69, 9.17) is 4.74 Å². The highest BCUT2D eigenvalue weighted by atomic mass is 28.3. The minimum atomic E-state index is -1.35. The second-order valence-corrected chi connectivity index (χ2v) is 10.4. The Hall–Kier alpha value is -1.54. The van der Waals surface area contributed by atoms with Crippen LogP contribution in [0, 0.1) is 0 Å². The molecule has 0 aliphatic rings. The van der Waals surface area contributed by atoms with Crippen LogP contribution in [-0.4, -0.2) is 15.2 Å². The summed E-state index contributed by atoms with van der Waals surface area (Å²) in [6, 6.07) is 13.2. The molecule has 0 heterocycles. The molecular formula is C19H28OSi. The molecule has 114 valence electrons. The normalized spacial score (nSPS) is 10.9. The van der Waals surface area contributed by atoms with Crippen LogP contribution < -0.4 is 4.74 Å². The standard InChI is InChI=1S/C19H28OSi/c1-5-14-21(15-6-2,16-7-3)17-8-9-18-10-12-19(20-4)13-11-18/h5-7,10-13H,1-3,8-9,14-17H2,4H3. The summed E-state index contributed by atoms with van der Waals surface area (Å²) in [6.07, 6.45) is 8.63. The Morgan fingerprint density at radius 2 is 1.48 bits per heavy atom. The van der Waals surface area contributed by atoms with Crippen LogP contribution in [0.3, 0.4) is 0 Å². The number of rotatable bonds is 11. The molecule has 0 saturated heterocycles. The van der Waals surface area contributed by atoms with Crippen molar-refractivity contribution in [3.8, 4) is 5.75 Å². The second-order valence-electron chi connectivity index (χ2n) is 5.68. The van der Waals surface area contributed by atoms with Gasteiger partial charge in [0.2, 0.25) is 0 Å². The summed E-state index contributed by atoms with van der Waals surface area (Å²) in [7, 11) is 0.357. The van der Waals surface area contributed by atoms with E-state index in [9.17, 15) is 0 Å². The van der Waals surface area contributed by atoms with Gasteiger partial charge in [-0.2, -0.15) is 0 Å². The molecule has 0 spiro atoms. The largest absolute Gasteiger partial charge is 0.497 e. The van der Waals surface area contributed by atoms with Crippen molar-refractivity contribution >= 4 is 8.07 Å². The molecule has 1 aromatic carbocycles. The third-order valence-electron chi connectivity index (χ3n) is 4.06. The zero-order valence-corrected chi connectivity index (χ0v) is 14.3. The summed E-state index contributed by atoms with van der Waals surface area (Å²) in [5, 5.41) is 0. The van der Waals surface area contributed by atoms with E-state index in [0.717, 1.165) is 30.3 Å². The Labute approximate surface area is 131 Å². The van der Waals surface area contributed by atoms with Gasteiger partial charge < -0.3 is 4.74 Å². The van der Waals surface area contributed by atoms with Gasteiger partial charge in [0.25, 0.3) is 0 Å². The van der Waals surface area contributed by atoms with Crippen LogP contribution in [0.15, 0.2) is 62.2 Å². The maximum Gasteiger partial charge on any atom is 0.118 e. The molecule has 0 radical (unpaired) electrons. The number of methoxy groups -OCH3 is 1. The predicted molar refractivity (Wildman–Crippen MR) is 96.9 cm³/mol. The monoisotopic (exact) mass is 300 g/mol. The summed E-state index contributed by atoms with van der Waals surface area (Å²) in [5.74, 6) is 0.924. The molecule has 0 aliphatic heterocycles. The lowest BCUT2D eigenvalue weighted by atomic mass is 10.1. The van der Waals surface area contributed by atoms with Crippen LogP contribution in [0.4, 0.5) is 0 Å². The van der Waals surface area contributed by atoms with Crippen molar-refractivity contribution in [3.63, 3.8) is 0 Å². The van der Waals surface area contributed by atoms with E-state index in [1.54, 1.807) is 7.11 Å². The van der Waals surface area contributed by atoms with Gasteiger partial charge in [0, 0.05) is 0 Å². The Kier molecular flexibility index (Phi) is 7.84. The lowest BCUT2D eigenvalue weighted by Crippen LogP contribution is -2.31. The number of aryl methyl sites for hydroxylation is 1. The minimum absolute atomic E-state index is 0.924. The van der Waals surface area contributed by atoms with Gasteiger partial charge in [-0.05, 0) is 42.2 Å². The Bertz CT molecular complexity index is 421. The number of allylic oxidation sites excluding steroid dienone is 3. The number of ether oxygens (including phenoxy) is 1. The van der Waals surface area contributed by atoms with Crippen molar-refractivity contribution in [1.82, 2.24) is 0 Å². The van der Waals surface area contributed by atoms with Gasteiger partial charge in [0.05, 0.1) is 15.2 Å². The van der Waals surface area contributed by atoms with Crippen molar-refractivity contribution < 1.29 is 4.74 Å². The first-order valence-corrected chi connectivity index (χ1v) is 10.5. The van der Waals surface area contributed by atoms with Gasteiger partial charge in [-0.25, -0.2) is 0 Å². The molecule has 1 nitrogen and oxygen atoms in total. The van der Waals surface area contributed by atoms with E-state index in [2.05, 4.69) is 50.1 Å². The second kappa shape index (κ2) is 9.40. The van der Waals surface area contributed by atoms with Gasteiger partial charge in [-0.3, -0.25) is 0 Å². The van der Waals surface area contributed by atoms with Crippen LogP contribution in [0.5, 0.6) is 5.75 Å². The van der Waals surface area contributed by atoms with Crippen LogP contribution >= 0.6 is 0 Å². The fourth-order valence-electron chi connectivity index (χ4n) is 2.93. The lowest BCUT2D eigenvalue weighted by molar-refractivity contribution is 0.414. The SMILES string of the molecule is C=CC[Si](CC=C)(CC=C)CCCc1ccc(OC)cc1. The summed E-state index contributed by atoms with van der Waals surface area (Å²) < 4.78 is 5.20. The molecule has 0 amide bonds. The average Bonchev–Trinajstić information content (AvgIpc) is 2.49. The van der Waals surface area contributed by atoms with E-state index in [0.29, 0.717) is 0 Å². The molecule has 0 unspecified atom stereocenters. The molecule has 21 heavy (non-hydrogen) atoms. The quantitative estimate of drug-likeness (QED) is 0.380. The van der Waals surface area contributed by atoms with Gasteiger partial charge in [-0.1, -0.05) is 42.8 Å². The smallest absolute Gasteiger partial charge is 0.118 e. The van der Waals surface area contributed by atoms with Gasteiger partial charge in [-0.15, -0.1) is 19.7 Å². The van der Waals surface area contributed by atoms with Gasteiger partial charge >= 0.3 is 0 Å². The van der Waals surface area contributed by atoms with Gasteiger partial charge in [0.1, 0.15) is 5.75 Å². The van der Waals surface area contributed by atoms with Gasteiger partial charge in [0.15, 0.2) is 0 Å². The van der Waals surface area contributed by atoms with Crippen molar-refractivity contribution in [3.05, 3.63) is 67.8 Å². The van der Waals surface area contributed by atoms with E-state index in [1.807, 2.05) is 12.1 Å². The third-order valence-corrected chi connectivity index (χ3v) is 8.94. The van der Waals surface area contributed by atoms with E-state index in [1.165, 1.54) is 18.0 Å². The maximum atomic E-state index is 5.20. The Morgan fingerprint density at radius 1 is 0.952 bits per heavy atom. The van der Waals surface area contributed by atoms with Crippen molar-refractivity contribution in [2.24, 2.45) is 0 Å². The highest BCUT2D eigenvalue weighted by Crippen LogP contribution is 2.29. The third kappa shape index (κ3) is 5.76. The molecule has 0 atom stereocenters. The first-order valence-electron chi connectivity index (χ1n) is 7.65. The summed E-state index contributed by atoms with van der Waals surface area (Å²) in [5.41, 5.74) is 1.38. The molecule has 0 aromatic heterocycles. The Balaban J connectivity index is 2.60. The van der Waals surface area contributed by atoms with E-state index < -0.39 is 8.07 Å². The van der Waals surface area contributed by atoms with Crippen LogP contribution in [0.25, 0.3) is 0 Å². The average molecular weight is 301 g/mol. The van der Waals surface area contributed by atoms with Crippen molar-refractivity contribution in [2.75, 3.05) is 7.11 Å². The summed E-state index contributed by atoms with van der Waals surface area (Å²) in [4.78, 5) is 0. The highest BCUT2D eigenvalue weighted by Gasteiger charge is 2.27. The summed E-state index contributed by atoms with van der Waals surface area (Å²) in [6.45, 7) is 11.8. The first kappa shape index (κ1) is 17.5. The molecule has 2 heteroatoms. The molecule has 0 aliphatic carbocycles. The minimum Gasteiger partial charge on any atom is -0.497 e. The molecule has 0 bridgehead atoms. The topological polar surface area (TPSA) is 9.23 Å². The fraction of sp³-hybridized carbons (Fsp3) is 0.368. The van der Waals surface area contributed by atoms with Crippen LogP contribution in [0.2, 0.25) is 24.2 Å². The van der Waals surface area contributed by atoms with Crippen molar-refractivity contribution in [2.45, 2.75) is 37.0 Å². The summed E-state index contributed by atoms with van der Waals surface area (Å²) >= 11 is 0. The molecular weight excluding hydrogens is 272 g/mol. The van der Waals surface area contributed by atoms with Crippen LogP contribution in [0.1, 0.15) is 12.0 Å². The highest BCUT2D eigenvalue weighted by molar-refractivity contribution is 6.81. The lowest BCUT2D eigenvalue weighted by Gasteiger charge is -2.28. The number of hydrogen-bond acceptors (Lipinski definition) is 1. The zero-order valence-electron chi connectivity index (χ0n) is 13.3.